The van der Waals surface area contributed by atoms with Crippen LogP contribution in [-0.2, 0) is 15.0 Å². The van der Waals surface area contributed by atoms with Crippen molar-refractivity contribution in [3.63, 3.8) is 0 Å². The van der Waals surface area contributed by atoms with Crippen LogP contribution in [-0.4, -0.2) is 22.1 Å². The number of halogens is 10. The fourth-order valence-electron chi connectivity index (χ4n) is 2.44. The van der Waals surface area contributed by atoms with E-state index in [0.717, 1.165) is 0 Å². The van der Waals surface area contributed by atoms with Gasteiger partial charge in [0.15, 0.2) is 0 Å². The average Bonchev–Trinajstić information content (AvgIpc) is 2.66. The van der Waals surface area contributed by atoms with E-state index in [0.29, 0.717) is 12.1 Å². The fourth-order valence-corrected chi connectivity index (χ4v) is 2.82. The Balaban J connectivity index is 2.59. The Morgan fingerprint density at radius 3 is 1.27 bits per heavy atom. The minimum absolute atomic E-state index is 0.173. The molecule has 2 atom stereocenters. The number of ether oxygens (including phenoxy) is 1. The molecule has 2 aromatic carbocycles. The van der Waals surface area contributed by atoms with Crippen LogP contribution < -0.4 is 0 Å². The molecule has 0 aromatic heterocycles. The van der Waals surface area contributed by atoms with E-state index in [1.165, 1.54) is 0 Å². The first-order valence-electron chi connectivity index (χ1n) is 7.95. The minimum Gasteiger partial charge on any atom is -0.258 e. The molecular formula is C16H6Cl2F8N2O5. The Kier molecular flexibility index (Phi) is 6.85. The van der Waals surface area contributed by atoms with Crippen LogP contribution in [0.25, 0.3) is 0 Å². The molecule has 0 heterocycles. The molecule has 0 radical (unpaired) electrons. The molecule has 0 saturated carbocycles. The molecule has 2 unspecified atom stereocenters. The molecule has 2 aromatic rings. The van der Waals surface area contributed by atoms with E-state index >= 15 is 0 Å². The number of alkyl halides is 8. The predicted molar refractivity (Wildman–Crippen MR) is 94.4 cm³/mol. The molecule has 0 fully saturated rings. The molecule has 0 N–H and O–H groups in total. The number of rotatable bonds is 8. The van der Waals surface area contributed by atoms with Crippen molar-refractivity contribution in [1.82, 2.24) is 0 Å². The van der Waals surface area contributed by atoms with Gasteiger partial charge in [0.1, 0.15) is 11.6 Å². The lowest BCUT2D eigenvalue weighted by Gasteiger charge is -2.34. The van der Waals surface area contributed by atoms with Crippen LogP contribution in [0.15, 0.2) is 36.4 Å². The number of hydrogen-bond acceptors (Lipinski definition) is 5. The average molecular weight is 529 g/mol. The Morgan fingerprint density at radius 1 is 0.697 bits per heavy atom. The summed E-state index contributed by atoms with van der Waals surface area (Å²) in [6.07, 6.45) is -12.2. The standard InChI is InChI=1S/C16H6Cl2F8N2O5/c17-13(21,9-5-7(19)1-3-11(9)27(29)30)15(23,24)33-16(25,26)14(18,22)10-6-8(20)2-4-12(10)28(31)32/h1-6H. The summed E-state index contributed by atoms with van der Waals surface area (Å²) in [6.45, 7) is 0. The monoisotopic (exact) mass is 528 g/mol. The summed E-state index contributed by atoms with van der Waals surface area (Å²) in [5, 5.41) is 11.6. The van der Waals surface area contributed by atoms with Crippen LogP contribution >= 0.6 is 23.2 Å². The number of nitro groups is 2. The zero-order chi connectivity index (χ0) is 25.6. The van der Waals surface area contributed by atoms with E-state index < -0.39 is 66.5 Å². The maximum atomic E-state index is 14.7. The van der Waals surface area contributed by atoms with Crippen molar-refractivity contribution >= 4 is 34.6 Å². The summed E-state index contributed by atoms with van der Waals surface area (Å²) in [5.41, 5.74) is -7.19. The summed E-state index contributed by atoms with van der Waals surface area (Å²) in [4.78, 5) is 18.8. The van der Waals surface area contributed by atoms with Crippen LogP contribution in [0.5, 0.6) is 0 Å². The first-order chi connectivity index (χ1) is 14.8. The van der Waals surface area contributed by atoms with Gasteiger partial charge in [0.25, 0.3) is 11.4 Å². The first-order valence-corrected chi connectivity index (χ1v) is 8.71. The molecule has 33 heavy (non-hydrogen) atoms. The molecule has 7 nitrogen and oxygen atoms in total. The number of benzene rings is 2. The Morgan fingerprint density at radius 2 is 1.00 bits per heavy atom. The van der Waals surface area contributed by atoms with E-state index in [4.69, 9.17) is 23.2 Å². The van der Waals surface area contributed by atoms with E-state index in [9.17, 15) is 55.4 Å². The third-order valence-electron chi connectivity index (χ3n) is 3.97. The van der Waals surface area contributed by atoms with Crippen molar-refractivity contribution in [2.24, 2.45) is 0 Å². The fraction of sp³-hybridized carbons (Fsp3) is 0.250. The Hall–Kier alpha value is -2.78. The van der Waals surface area contributed by atoms with Gasteiger partial charge in [-0.25, -0.2) is 22.3 Å². The van der Waals surface area contributed by atoms with E-state index in [2.05, 4.69) is 4.74 Å². The molecule has 0 bridgehead atoms. The lowest BCUT2D eigenvalue weighted by Crippen LogP contribution is -2.50. The topological polar surface area (TPSA) is 95.5 Å². The number of hydrogen-bond donors (Lipinski definition) is 0. The van der Waals surface area contributed by atoms with Gasteiger partial charge in [-0.15, -0.1) is 0 Å². The lowest BCUT2D eigenvalue weighted by molar-refractivity contribution is -0.427. The van der Waals surface area contributed by atoms with Gasteiger partial charge in [-0.05, 0) is 24.3 Å². The molecule has 0 spiro atoms. The lowest BCUT2D eigenvalue weighted by atomic mass is 10.1. The normalized spacial score (nSPS) is 16.1. The van der Waals surface area contributed by atoms with Crippen molar-refractivity contribution in [3.05, 3.63) is 79.4 Å². The van der Waals surface area contributed by atoms with E-state index in [-0.39, 0.29) is 24.3 Å². The third kappa shape index (κ3) is 4.79. The highest BCUT2D eigenvalue weighted by molar-refractivity contribution is 6.24. The second kappa shape index (κ2) is 8.53. The van der Waals surface area contributed by atoms with E-state index in [1.807, 2.05) is 0 Å². The predicted octanol–water partition coefficient (Wildman–Crippen LogP) is 6.41. The number of nitro benzene ring substituents is 2. The minimum atomic E-state index is -6.09. The molecular weight excluding hydrogens is 523 g/mol. The zero-order valence-corrected chi connectivity index (χ0v) is 16.7. The molecule has 0 amide bonds. The number of nitrogens with zero attached hydrogens (tertiary/aromatic N) is 2. The smallest absolute Gasteiger partial charge is 0.258 e. The highest BCUT2D eigenvalue weighted by atomic mass is 35.5. The van der Waals surface area contributed by atoms with Crippen molar-refractivity contribution in [2.45, 2.75) is 22.5 Å². The van der Waals surface area contributed by atoms with Gasteiger partial charge in [-0.3, -0.25) is 20.2 Å². The van der Waals surface area contributed by atoms with Crippen molar-refractivity contribution < 1.29 is 49.7 Å². The van der Waals surface area contributed by atoms with Gasteiger partial charge in [-0.2, -0.15) is 17.6 Å². The Bertz CT molecular complexity index is 1030. The quantitative estimate of drug-likeness (QED) is 0.171. The largest absolute Gasteiger partial charge is 0.413 e. The Labute approximate surface area is 186 Å². The summed E-state index contributed by atoms with van der Waals surface area (Å²) >= 11 is 9.81. The highest BCUT2D eigenvalue weighted by Crippen LogP contribution is 2.56. The van der Waals surface area contributed by atoms with Crippen molar-refractivity contribution in [1.29, 1.82) is 0 Å². The van der Waals surface area contributed by atoms with Crippen LogP contribution in [0.1, 0.15) is 11.1 Å². The maximum absolute atomic E-state index is 14.7. The van der Waals surface area contributed by atoms with E-state index in [1.54, 1.807) is 0 Å². The van der Waals surface area contributed by atoms with Crippen molar-refractivity contribution in [3.8, 4) is 0 Å². The second-order valence-electron chi connectivity index (χ2n) is 6.12. The molecule has 0 aliphatic carbocycles. The third-order valence-corrected chi connectivity index (χ3v) is 4.82. The molecule has 0 aliphatic heterocycles. The van der Waals surface area contributed by atoms with Gasteiger partial charge < -0.3 is 0 Å². The maximum Gasteiger partial charge on any atom is 0.413 e. The van der Waals surface area contributed by atoms with Crippen LogP contribution in [0.3, 0.4) is 0 Å². The SMILES string of the molecule is O=[N+]([O-])c1ccc(F)cc1C(F)(Cl)C(F)(F)OC(F)(F)C(F)(Cl)c1cc(F)ccc1[N+](=O)[O-]. The summed E-state index contributed by atoms with van der Waals surface area (Å²) in [5.74, 6) is -3.12. The molecule has 0 saturated heterocycles. The van der Waals surface area contributed by atoms with Gasteiger partial charge in [-0.1, -0.05) is 23.2 Å². The summed E-state index contributed by atoms with van der Waals surface area (Å²) < 4.78 is 117. The zero-order valence-electron chi connectivity index (χ0n) is 15.2. The summed E-state index contributed by atoms with van der Waals surface area (Å²) in [7, 11) is 0. The first kappa shape index (κ1) is 26.5. The van der Waals surface area contributed by atoms with Crippen LogP contribution in [0.2, 0.25) is 0 Å². The molecule has 17 heteroatoms. The molecule has 2 rings (SSSR count). The second-order valence-corrected chi connectivity index (χ2v) is 7.16. The van der Waals surface area contributed by atoms with Crippen LogP contribution in [0.4, 0.5) is 46.5 Å². The molecule has 180 valence electrons. The molecule has 0 aliphatic rings. The van der Waals surface area contributed by atoms with Crippen molar-refractivity contribution in [2.75, 3.05) is 0 Å². The van der Waals surface area contributed by atoms with Crippen LogP contribution in [0, 0.1) is 31.9 Å². The van der Waals surface area contributed by atoms with Gasteiger partial charge >= 0.3 is 22.5 Å². The highest BCUT2D eigenvalue weighted by Gasteiger charge is 2.69. The van der Waals surface area contributed by atoms with Gasteiger partial charge in [0.2, 0.25) is 0 Å². The summed E-state index contributed by atoms with van der Waals surface area (Å²) in [6, 6.07) is 0.537. The van der Waals surface area contributed by atoms with Gasteiger partial charge in [0, 0.05) is 12.1 Å². The van der Waals surface area contributed by atoms with Gasteiger partial charge in [0.05, 0.1) is 21.0 Å².